The first-order valence-electron chi connectivity index (χ1n) is 9.92. The van der Waals surface area contributed by atoms with Gasteiger partial charge in [-0.05, 0) is 33.8 Å². The molecule has 1 atom stereocenters. The highest BCUT2D eigenvalue weighted by molar-refractivity contribution is 7.14. The highest BCUT2D eigenvalue weighted by Gasteiger charge is 2.27. The Balaban J connectivity index is 1.90. The van der Waals surface area contributed by atoms with Crippen LogP contribution in [0, 0.1) is 20.8 Å². The van der Waals surface area contributed by atoms with E-state index in [1.54, 1.807) is 23.6 Å². The first kappa shape index (κ1) is 20.1. The Kier molecular flexibility index (Phi) is 4.63. The number of primary amides is 1. The monoisotopic (exact) mass is 448 g/mol. The number of carbonyl (C=O) groups excluding carboxylic acids is 1. The summed E-state index contributed by atoms with van der Waals surface area (Å²) in [5, 5.41) is 11.8. The van der Waals surface area contributed by atoms with Gasteiger partial charge in [0.15, 0.2) is 0 Å². The largest absolute Gasteiger partial charge is 0.366 e. The van der Waals surface area contributed by atoms with Crippen molar-refractivity contribution in [2.24, 2.45) is 5.73 Å². The number of fused-ring (bicyclic) bond motifs is 1. The zero-order valence-electron chi connectivity index (χ0n) is 17.9. The van der Waals surface area contributed by atoms with Gasteiger partial charge in [-0.25, -0.2) is 15.0 Å². The average molecular weight is 449 g/mol. The van der Waals surface area contributed by atoms with E-state index in [1.807, 2.05) is 38.3 Å². The van der Waals surface area contributed by atoms with Crippen molar-refractivity contribution in [1.82, 2.24) is 34.7 Å². The summed E-state index contributed by atoms with van der Waals surface area (Å²) in [6.45, 7) is 7.67. The molecule has 0 saturated heterocycles. The molecule has 10 nitrogen and oxygen atoms in total. The molecule has 11 heteroatoms. The van der Waals surface area contributed by atoms with E-state index in [2.05, 4.69) is 25.3 Å². The number of nitrogens with one attached hydrogen (secondary N) is 1. The van der Waals surface area contributed by atoms with E-state index in [9.17, 15) is 4.79 Å². The van der Waals surface area contributed by atoms with Gasteiger partial charge < -0.3 is 10.3 Å². The Morgan fingerprint density at radius 2 is 2.09 bits per heavy atom. The highest BCUT2D eigenvalue weighted by Crippen LogP contribution is 2.39. The van der Waals surface area contributed by atoms with Crippen molar-refractivity contribution in [3.05, 3.63) is 58.2 Å². The van der Waals surface area contributed by atoms with Crippen LogP contribution in [0.15, 0.2) is 29.3 Å². The Morgan fingerprint density at radius 3 is 2.69 bits per heavy atom. The summed E-state index contributed by atoms with van der Waals surface area (Å²) >= 11 is 1.55. The third kappa shape index (κ3) is 3.09. The first-order chi connectivity index (χ1) is 15.3. The lowest BCUT2D eigenvalue weighted by Gasteiger charge is -2.09. The quantitative estimate of drug-likeness (QED) is 0.420. The molecule has 0 aliphatic rings. The summed E-state index contributed by atoms with van der Waals surface area (Å²) in [7, 11) is 0. The Bertz CT molecular complexity index is 1440. The number of aryl methyl sites for hydroxylation is 3. The molecule has 0 aliphatic heterocycles. The van der Waals surface area contributed by atoms with E-state index in [1.165, 1.54) is 6.33 Å². The van der Waals surface area contributed by atoms with Gasteiger partial charge in [-0.3, -0.25) is 14.3 Å². The van der Waals surface area contributed by atoms with E-state index >= 15 is 0 Å². The number of amides is 1. The van der Waals surface area contributed by atoms with Crippen LogP contribution in [-0.2, 0) is 0 Å². The molecule has 0 aromatic carbocycles. The fourth-order valence-corrected chi connectivity index (χ4v) is 4.70. The maximum atomic E-state index is 12.2. The molecule has 5 aromatic heterocycles. The fraction of sp³-hybridized carbons (Fsp3) is 0.238. The minimum atomic E-state index is -0.542. The SMILES string of the molecule is Cc1cnc(-c2c([C@H](C)c3ncn[nH]3)nc3c(-c4c(C)noc4C)cc(C(N)=O)cn23)s1. The summed E-state index contributed by atoms with van der Waals surface area (Å²) < 4.78 is 7.27. The van der Waals surface area contributed by atoms with E-state index in [4.69, 9.17) is 15.2 Å². The number of rotatable bonds is 5. The number of nitrogens with zero attached hydrogens (tertiary/aromatic N) is 6. The van der Waals surface area contributed by atoms with Gasteiger partial charge in [-0.15, -0.1) is 11.3 Å². The van der Waals surface area contributed by atoms with Crippen LogP contribution in [-0.4, -0.2) is 40.6 Å². The molecule has 5 heterocycles. The number of nitrogens with two attached hydrogens (primary N) is 1. The molecule has 1 amide bonds. The summed E-state index contributed by atoms with van der Waals surface area (Å²) in [4.78, 5) is 27.2. The van der Waals surface area contributed by atoms with Crippen LogP contribution in [0.25, 0.3) is 27.5 Å². The molecular formula is C21H20N8O2S. The maximum absolute atomic E-state index is 12.2. The smallest absolute Gasteiger partial charge is 0.250 e. The van der Waals surface area contributed by atoms with Gasteiger partial charge in [0.1, 0.15) is 34.3 Å². The van der Waals surface area contributed by atoms with Crippen molar-refractivity contribution in [2.45, 2.75) is 33.6 Å². The van der Waals surface area contributed by atoms with Crippen LogP contribution < -0.4 is 5.73 Å². The lowest BCUT2D eigenvalue weighted by Crippen LogP contribution is -2.12. The van der Waals surface area contributed by atoms with E-state index in [0.717, 1.165) is 26.8 Å². The second kappa shape index (κ2) is 7.38. The summed E-state index contributed by atoms with van der Waals surface area (Å²) in [6, 6.07) is 1.73. The van der Waals surface area contributed by atoms with Gasteiger partial charge in [-0.2, -0.15) is 5.10 Å². The number of hydrogen-bond donors (Lipinski definition) is 2. The van der Waals surface area contributed by atoms with Crippen LogP contribution >= 0.6 is 11.3 Å². The predicted molar refractivity (Wildman–Crippen MR) is 118 cm³/mol. The molecule has 32 heavy (non-hydrogen) atoms. The van der Waals surface area contributed by atoms with Gasteiger partial charge in [-0.1, -0.05) is 5.16 Å². The lowest BCUT2D eigenvalue weighted by atomic mass is 10.0. The van der Waals surface area contributed by atoms with E-state index < -0.39 is 5.91 Å². The number of pyridine rings is 1. The molecule has 0 saturated carbocycles. The third-order valence-electron chi connectivity index (χ3n) is 5.41. The Labute approximate surface area is 186 Å². The molecule has 3 N–H and O–H groups in total. The molecule has 0 fully saturated rings. The molecule has 0 bridgehead atoms. The van der Waals surface area contributed by atoms with E-state index in [0.29, 0.717) is 34.1 Å². The fourth-order valence-electron chi connectivity index (χ4n) is 3.88. The number of carbonyl (C=O) groups is 1. The molecule has 0 spiro atoms. The molecule has 0 radical (unpaired) electrons. The molecule has 5 rings (SSSR count). The van der Waals surface area contributed by atoms with Gasteiger partial charge in [0, 0.05) is 22.8 Å². The zero-order valence-corrected chi connectivity index (χ0v) is 18.7. The van der Waals surface area contributed by atoms with Crippen LogP contribution in [0.5, 0.6) is 0 Å². The van der Waals surface area contributed by atoms with Gasteiger partial charge in [0.25, 0.3) is 0 Å². The summed E-state index contributed by atoms with van der Waals surface area (Å²) in [5.41, 5.74) is 10.4. The molecule has 0 unspecified atom stereocenters. The number of hydrogen-bond acceptors (Lipinski definition) is 8. The minimum Gasteiger partial charge on any atom is -0.366 e. The first-order valence-corrected chi connectivity index (χ1v) is 10.7. The van der Waals surface area contributed by atoms with Crippen LogP contribution in [0.1, 0.15) is 51.0 Å². The van der Waals surface area contributed by atoms with Crippen molar-refractivity contribution in [1.29, 1.82) is 0 Å². The van der Waals surface area contributed by atoms with Crippen molar-refractivity contribution < 1.29 is 9.32 Å². The predicted octanol–water partition coefficient (Wildman–Crippen LogP) is 3.41. The molecule has 162 valence electrons. The van der Waals surface area contributed by atoms with E-state index in [-0.39, 0.29) is 5.92 Å². The highest BCUT2D eigenvalue weighted by atomic mass is 32.1. The van der Waals surface area contributed by atoms with Crippen LogP contribution in [0.3, 0.4) is 0 Å². The van der Waals surface area contributed by atoms with Gasteiger partial charge in [0.2, 0.25) is 5.91 Å². The van der Waals surface area contributed by atoms with Crippen LogP contribution in [0.2, 0.25) is 0 Å². The van der Waals surface area contributed by atoms with Crippen molar-refractivity contribution in [3.8, 4) is 21.8 Å². The third-order valence-corrected chi connectivity index (χ3v) is 6.33. The van der Waals surface area contributed by atoms with Gasteiger partial charge >= 0.3 is 0 Å². The number of H-pyrrole nitrogens is 1. The zero-order chi connectivity index (χ0) is 22.6. The Hall–Kier alpha value is -3.86. The minimum absolute atomic E-state index is 0.203. The van der Waals surface area contributed by atoms with Crippen molar-refractivity contribution >= 4 is 22.9 Å². The standard InChI is InChI=1S/C21H20N8O2S/c1-9-6-23-21(32-9)17-16(10(2)19-24-8-25-27-19)26-20-14(15-11(3)28-31-12(15)4)5-13(18(22)30)7-29(17)20/h5-8,10H,1-4H3,(H2,22,30)(H,24,25,27)/t10-/m0/s1. The Morgan fingerprint density at radius 1 is 1.28 bits per heavy atom. The number of aromatic nitrogens is 7. The molecule has 0 aliphatic carbocycles. The van der Waals surface area contributed by atoms with Crippen molar-refractivity contribution in [2.75, 3.05) is 0 Å². The molecule has 5 aromatic rings. The topological polar surface area (TPSA) is 141 Å². The lowest BCUT2D eigenvalue weighted by molar-refractivity contribution is 0.1000. The maximum Gasteiger partial charge on any atom is 0.250 e. The number of aromatic amines is 1. The second-order valence-corrected chi connectivity index (χ2v) is 8.85. The van der Waals surface area contributed by atoms with Crippen LogP contribution in [0.4, 0.5) is 0 Å². The number of imidazole rings is 1. The summed E-state index contributed by atoms with van der Waals surface area (Å²) in [5.74, 6) is 0.563. The molecular weight excluding hydrogens is 428 g/mol. The van der Waals surface area contributed by atoms with Crippen molar-refractivity contribution in [3.63, 3.8) is 0 Å². The second-order valence-electron chi connectivity index (χ2n) is 7.61. The average Bonchev–Trinajstić information content (AvgIpc) is 3.54. The van der Waals surface area contributed by atoms with Gasteiger partial charge in [0.05, 0.1) is 28.4 Å². The number of thiazole rings is 1. The summed E-state index contributed by atoms with van der Waals surface area (Å²) in [6.07, 6.45) is 4.99. The normalized spacial score (nSPS) is 12.5.